The Labute approximate surface area is 142 Å². The first kappa shape index (κ1) is 16.7. The van der Waals surface area contributed by atoms with Crippen molar-refractivity contribution in [1.82, 2.24) is 15.2 Å². The molecule has 1 atom stereocenters. The Bertz CT molecular complexity index is 723. The predicted octanol–water partition coefficient (Wildman–Crippen LogP) is 2.03. The minimum Gasteiger partial charge on any atom is -0.384 e. The molecule has 0 saturated heterocycles. The zero-order valence-corrected chi connectivity index (χ0v) is 14.3. The Morgan fingerprint density at radius 3 is 2.88 bits per heavy atom. The van der Waals surface area contributed by atoms with E-state index in [0.717, 1.165) is 30.5 Å². The molecule has 128 valence electrons. The molecule has 0 saturated carbocycles. The summed E-state index contributed by atoms with van der Waals surface area (Å²) in [6, 6.07) is 11.8. The molecule has 0 bridgehead atoms. The van der Waals surface area contributed by atoms with Crippen LogP contribution in [0.1, 0.15) is 40.2 Å². The van der Waals surface area contributed by atoms with Crippen molar-refractivity contribution in [3.8, 4) is 0 Å². The topological polar surface area (TPSA) is 68.4 Å². The van der Waals surface area contributed by atoms with Crippen LogP contribution in [0.2, 0.25) is 0 Å². The molecule has 1 aromatic carbocycles. The molecule has 3 rings (SSSR count). The van der Waals surface area contributed by atoms with Gasteiger partial charge in [0.05, 0.1) is 0 Å². The smallest absolute Gasteiger partial charge is 0.269 e. The number of H-pyrrole nitrogens is 1. The quantitative estimate of drug-likeness (QED) is 0.787. The van der Waals surface area contributed by atoms with Crippen LogP contribution >= 0.6 is 0 Å². The summed E-state index contributed by atoms with van der Waals surface area (Å²) in [4.78, 5) is 16.6. The van der Waals surface area contributed by atoms with Crippen LogP contribution in [0, 0.1) is 0 Å². The number of carbonyl (C=O) groups excluding carboxylic acids is 1. The van der Waals surface area contributed by atoms with E-state index < -0.39 is 5.60 Å². The standard InChI is InChI=1S/C19H25N3O2/c1-22(2)18(23)17-10-9-15(21-17)12-20-13-19(24)11-5-7-14-6-3-4-8-16(14)19/h3-4,6,8-10,20-21,24H,5,7,11-13H2,1-2H3. The predicted molar refractivity (Wildman–Crippen MR) is 93.8 cm³/mol. The number of hydrogen-bond donors (Lipinski definition) is 3. The number of nitrogens with zero attached hydrogens (tertiary/aromatic N) is 1. The zero-order chi connectivity index (χ0) is 17.2. The summed E-state index contributed by atoms with van der Waals surface area (Å²) < 4.78 is 0. The van der Waals surface area contributed by atoms with E-state index in [1.807, 2.05) is 24.3 Å². The number of aromatic amines is 1. The van der Waals surface area contributed by atoms with Gasteiger partial charge < -0.3 is 20.3 Å². The first-order chi connectivity index (χ1) is 11.5. The molecule has 2 aromatic rings. The van der Waals surface area contributed by atoms with Gasteiger partial charge >= 0.3 is 0 Å². The highest BCUT2D eigenvalue weighted by Crippen LogP contribution is 2.34. The summed E-state index contributed by atoms with van der Waals surface area (Å²) in [5, 5.41) is 14.4. The second-order valence-electron chi connectivity index (χ2n) is 6.74. The molecule has 1 unspecified atom stereocenters. The van der Waals surface area contributed by atoms with Crippen LogP contribution < -0.4 is 5.32 Å². The van der Waals surface area contributed by atoms with Gasteiger partial charge in [-0.1, -0.05) is 24.3 Å². The van der Waals surface area contributed by atoms with Gasteiger partial charge in [0.2, 0.25) is 0 Å². The summed E-state index contributed by atoms with van der Waals surface area (Å²) in [6.07, 6.45) is 2.80. The number of aromatic nitrogens is 1. The number of fused-ring (bicyclic) bond motifs is 1. The molecular weight excluding hydrogens is 302 g/mol. The molecule has 0 fully saturated rings. The molecule has 0 radical (unpaired) electrons. The summed E-state index contributed by atoms with van der Waals surface area (Å²) in [6.45, 7) is 1.09. The summed E-state index contributed by atoms with van der Waals surface area (Å²) >= 11 is 0. The number of benzene rings is 1. The molecule has 1 aliphatic carbocycles. The Morgan fingerprint density at radius 2 is 2.08 bits per heavy atom. The number of hydrogen-bond acceptors (Lipinski definition) is 3. The highest BCUT2D eigenvalue weighted by atomic mass is 16.3. The molecular formula is C19H25N3O2. The lowest BCUT2D eigenvalue weighted by molar-refractivity contribution is 0.0189. The van der Waals surface area contributed by atoms with Crippen molar-refractivity contribution in [2.45, 2.75) is 31.4 Å². The Balaban J connectivity index is 1.62. The van der Waals surface area contributed by atoms with Crippen LogP contribution in [0.25, 0.3) is 0 Å². The largest absolute Gasteiger partial charge is 0.384 e. The molecule has 0 spiro atoms. The third kappa shape index (κ3) is 3.37. The number of amides is 1. The molecule has 5 nitrogen and oxygen atoms in total. The van der Waals surface area contributed by atoms with Crippen LogP contribution in [0.15, 0.2) is 36.4 Å². The minimum atomic E-state index is -0.816. The maximum atomic E-state index is 11.9. The lowest BCUT2D eigenvalue weighted by Gasteiger charge is -2.34. The van der Waals surface area contributed by atoms with E-state index in [4.69, 9.17) is 0 Å². The van der Waals surface area contributed by atoms with Crippen molar-refractivity contribution in [2.24, 2.45) is 0 Å². The average Bonchev–Trinajstić information content (AvgIpc) is 3.03. The summed E-state index contributed by atoms with van der Waals surface area (Å²) in [5.74, 6) is -0.0407. The third-order valence-corrected chi connectivity index (χ3v) is 4.67. The highest BCUT2D eigenvalue weighted by Gasteiger charge is 2.33. The Morgan fingerprint density at radius 1 is 1.29 bits per heavy atom. The maximum Gasteiger partial charge on any atom is 0.269 e. The van der Waals surface area contributed by atoms with E-state index >= 15 is 0 Å². The Hall–Kier alpha value is -2.11. The second-order valence-corrected chi connectivity index (χ2v) is 6.74. The molecule has 24 heavy (non-hydrogen) atoms. The van der Waals surface area contributed by atoms with Crippen LogP contribution in [0.3, 0.4) is 0 Å². The van der Waals surface area contributed by atoms with Crippen molar-refractivity contribution in [1.29, 1.82) is 0 Å². The van der Waals surface area contributed by atoms with Crippen molar-refractivity contribution < 1.29 is 9.90 Å². The van der Waals surface area contributed by atoms with E-state index in [9.17, 15) is 9.90 Å². The minimum absolute atomic E-state index is 0.0407. The molecule has 0 aliphatic heterocycles. The number of aliphatic hydroxyl groups is 1. The fraction of sp³-hybridized carbons (Fsp3) is 0.421. The fourth-order valence-corrected chi connectivity index (χ4v) is 3.39. The molecule has 3 N–H and O–H groups in total. The maximum absolute atomic E-state index is 11.9. The van der Waals surface area contributed by atoms with E-state index in [2.05, 4.69) is 16.4 Å². The summed E-state index contributed by atoms with van der Waals surface area (Å²) in [7, 11) is 3.47. The van der Waals surface area contributed by atoms with E-state index in [0.29, 0.717) is 18.8 Å². The van der Waals surface area contributed by atoms with Crippen LogP contribution in [0.5, 0.6) is 0 Å². The normalized spacial score (nSPS) is 19.8. The van der Waals surface area contributed by atoms with Gasteiger partial charge in [0.1, 0.15) is 11.3 Å². The fourth-order valence-electron chi connectivity index (χ4n) is 3.39. The monoisotopic (exact) mass is 327 g/mol. The highest BCUT2D eigenvalue weighted by molar-refractivity contribution is 5.92. The van der Waals surface area contributed by atoms with E-state index in [1.165, 1.54) is 5.56 Å². The van der Waals surface area contributed by atoms with Gasteiger partial charge in [-0.15, -0.1) is 0 Å². The molecule has 1 heterocycles. The van der Waals surface area contributed by atoms with Gasteiger partial charge in [-0.2, -0.15) is 0 Å². The number of nitrogens with one attached hydrogen (secondary N) is 2. The van der Waals surface area contributed by atoms with Crippen molar-refractivity contribution in [3.63, 3.8) is 0 Å². The van der Waals surface area contributed by atoms with Gasteiger partial charge in [-0.25, -0.2) is 0 Å². The van der Waals surface area contributed by atoms with Crippen molar-refractivity contribution in [2.75, 3.05) is 20.6 Å². The van der Waals surface area contributed by atoms with Gasteiger partial charge in [0.15, 0.2) is 0 Å². The first-order valence-electron chi connectivity index (χ1n) is 8.41. The van der Waals surface area contributed by atoms with Crippen LogP contribution in [0.4, 0.5) is 0 Å². The van der Waals surface area contributed by atoms with Gasteiger partial charge in [-0.05, 0) is 42.5 Å². The van der Waals surface area contributed by atoms with Gasteiger partial charge in [0.25, 0.3) is 5.91 Å². The number of aryl methyl sites for hydroxylation is 1. The molecule has 5 heteroatoms. The van der Waals surface area contributed by atoms with E-state index in [-0.39, 0.29) is 5.91 Å². The number of rotatable bonds is 5. The van der Waals surface area contributed by atoms with Crippen molar-refractivity contribution in [3.05, 3.63) is 58.9 Å². The lowest BCUT2D eigenvalue weighted by atomic mass is 9.79. The van der Waals surface area contributed by atoms with Crippen LogP contribution in [-0.4, -0.2) is 41.5 Å². The SMILES string of the molecule is CN(C)C(=O)c1ccc(CNCC2(O)CCCc3ccccc32)[nH]1. The second kappa shape index (κ2) is 6.79. The average molecular weight is 327 g/mol. The van der Waals surface area contributed by atoms with E-state index in [1.54, 1.807) is 25.1 Å². The molecule has 1 aromatic heterocycles. The molecule has 1 aliphatic rings. The van der Waals surface area contributed by atoms with Gasteiger partial charge in [-0.3, -0.25) is 4.79 Å². The third-order valence-electron chi connectivity index (χ3n) is 4.67. The zero-order valence-electron chi connectivity index (χ0n) is 14.3. The van der Waals surface area contributed by atoms with Gasteiger partial charge in [0, 0.05) is 32.9 Å². The summed E-state index contributed by atoms with van der Waals surface area (Å²) in [5.41, 5.74) is 2.99. The molecule has 1 amide bonds. The van der Waals surface area contributed by atoms with Crippen LogP contribution in [-0.2, 0) is 18.6 Å². The first-order valence-corrected chi connectivity index (χ1v) is 8.41. The lowest BCUT2D eigenvalue weighted by Crippen LogP contribution is -2.40. The Kier molecular flexibility index (Phi) is 4.73. The van der Waals surface area contributed by atoms with Crippen molar-refractivity contribution >= 4 is 5.91 Å². The number of carbonyl (C=O) groups is 1.